The van der Waals surface area contributed by atoms with Crippen molar-refractivity contribution in [1.82, 2.24) is 20.1 Å². The molecule has 0 saturated carbocycles. The number of likely N-dealkylation sites (tertiary alicyclic amines) is 1. The maximum Gasteiger partial charge on any atom is 0.260 e. The molecule has 1 aromatic carbocycles. The first kappa shape index (κ1) is 17.3. The summed E-state index contributed by atoms with van der Waals surface area (Å²) in [6.07, 6.45) is 5.12. The fraction of sp³-hybridized carbons (Fsp3) is 0.286. The van der Waals surface area contributed by atoms with Gasteiger partial charge in [-0.3, -0.25) is 14.7 Å². The summed E-state index contributed by atoms with van der Waals surface area (Å²) < 4.78 is 0. The predicted molar refractivity (Wildman–Crippen MR) is 104 cm³/mol. The Bertz CT molecular complexity index is 1010. The lowest BCUT2D eigenvalue weighted by atomic mass is 9.88. The van der Waals surface area contributed by atoms with Gasteiger partial charge >= 0.3 is 0 Å². The molecule has 2 aromatic heterocycles. The number of aromatic amines is 2. The van der Waals surface area contributed by atoms with Crippen LogP contribution >= 0.6 is 0 Å². The molecule has 1 aliphatic heterocycles. The Hall–Kier alpha value is -3.15. The molecule has 3 heterocycles. The summed E-state index contributed by atoms with van der Waals surface area (Å²) in [5.41, 5.74) is 4.55. The van der Waals surface area contributed by atoms with E-state index in [2.05, 4.69) is 34.2 Å². The van der Waals surface area contributed by atoms with Gasteiger partial charge in [0.25, 0.3) is 11.5 Å². The van der Waals surface area contributed by atoms with E-state index in [1.54, 1.807) is 17.0 Å². The number of hydrogen-bond donors (Lipinski definition) is 2. The first-order valence-electron chi connectivity index (χ1n) is 9.21. The Morgan fingerprint density at radius 1 is 1.11 bits per heavy atom. The van der Waals surface area contributed by atoms with Gasteiger partial charge in [0.05, 0.1) is 6.20 Å². The van der Waals surface area contributed by atoms with Gasteiger partial charge in [-0.05, 0) is 43.0 Å². The smallest absolute Gasteiger partial charge is 0.260 e. The van der Waals surface area contributed by atoms with Gasteiger partial charge in [0.15, 0.2) is 0 Å². The van der Waals surface area contributed by atoms with Crippen LogP contribution in [0.1, 0.15) is 40.4 Å². The second-order valence-corrected chi connectivity index (χ2v) is 6.99. The molecular formula is C21H22N4O2. The van der Waals surface area contributed by atoms with Crippen molar-refractivity contribution in [3.63, 3.8) is 0 Å². The number of nitrogens with zero attached hydrogens (tertiary/aromatic N) is 2. The minimum absolute atomic E-state index is 0.195. The Morgan fingerprint density at radius 3 is 2.63 bits per heavy atom. The SMILES string of the molecule is Cc1ccccc1-c1cn[nH]c1C1CCN(C(=O)c2ccc[nH]c2=O)CC1. The van der Waals surface area contributed by atoms with Crippen LogP contribution in [0.15, 0.2) is 53.6 Å². The molecule has 6 heteroatoms. The average Bonchev–Trinajstić information content (AvgIpc) is 3.18. The van der Waals surface area contributed by atoms with Crippen LogP contribution in [0.3, 0.4) is 0 Å². The maximum atomic E-state index is 12.6. The number of H-pyrrole nitrogens is 2. The van der Waals surface area contributed by atoms with Crippen molar-refractivity contribution < 1.29 is 4.79 Å². The zero-order valence-corrected chi connectivity index (χ0v) is 15.2. The molecule has 6 nitrogen and oxygen atoms in total. The highest BCUT2D eigenvalue weighted by Gasteiger charge is 2.28. The monoisotopic (exact) mass is 362 g/mol. The molecule has 138 valence electrons. The van der Waals surface area contributed by atoms with Crippen molar-refractivity contribution in [2.75, 3.05) is 13.1 Å². The van der Waals surface area contributed by atoms with E-state index in [1.165, 1.54) is 17.3 Å². The fourth-order valence-electron chi connectivity index (χ4n) is 3.83. The van der Waals surface area contributed by atoms with Crippen molar-refractivity contribution in [2.24, 2.45) is 0 Å². The molecule has 1 amide bonds. The third-order valence-corrected chi connectivity index (χ3v) is 5.34. The Labute approximate surface area is 157 Å². The number of aryl methyl sites for hydroxylation is 1. The lowest BCUT2D eigenvalue weighted by Gasteiger charge is -2.32. The number of piperidine rings is 1. The fourth-order valence-corrected chi connectivity index (χ4v) is 3.83. The molecule has 27 heavy (non-hydrogen) atoms. The molecular weight excluding hydrogens is 340 g/mol. The summed E-state index contributed by atoms with van der Waals surface area (Å²) in [6.45, 7) is 3.36. The maximum absolute atomic E-state index is 12.6. The minimum atomic E-state index is -0.333. The zero-order chi connectivity index (χ0) is 18.8. The summed E-state index contributed by atoms with van der Waals surface area (Å²) >= 11 is 0. The Morgan fingerprint density at radius 2 is 1.89 bits per heavy atom. The number of rotatable bonds is 3. The summed E-state index contributed by atoms with van der Waals surface area (Å²) in [4.78, 5) is 28.8. The second kappa shape index (κ2) is 7.23. The highest BCUT2D eigenvalue weighted by molar-refractivity contribution is 5.93. The summed E-state index contributed by atoms with van der Waals surface area (Å²) in [6, 6.07) is 11.6. The summed E-state index contributed by atoms with van der Waals surface area (Å²) in [5.74, 6) is 0.124. The number of hydrogen-bond acceptors (Lipinski definition) is 3. The number of amides is 1. The molecule has 2 N–H and O–H groups in total. The number of aromatic nitrogens is 3. The van der Waals surface area contributed by atoms with Crippen LogP contribution < -0.4 is 5.56 Å². The normalized spacial score (nSPS) is 15.1. The van der Waals surface area contributed by atoms with E-state index < -0.39 is 0 Å². The number of carbonyl (C=O) groups is 1. The van der Waals surface area contributed by atoms with E-state index in [9.17, 15) is 9.59 Å². The van der Waals surface area contributed by atoms with Gasteiger partial charge in [0.1, 0.15) is 5.56 Å². The topological polar surface area (TPSA) is 81.8 Å². The van der Waals surface area contributed by atoms with Crippen LogP contribution in [0, 0.1) is 6.92 Å². The number of nitrogens with one attached hydrogen (secondary N) is 2. The molecule has 0 atom stereocenters. The summed E-state index contributed by atoms with van der Waals surface area (Å²) in [5, 5.41) is 7.45. The molecule has 1 aliphatic rings. The second-order valence-electron chi connectivity index (χ2n) is 6.99. The van der Waals surface area contributed by atoms with Crippen molar-refractivity contribution >= 4 is 5.91 Å². The van der Waals surface area contributed by atoms with E-state index in [0.29, 0.717) is 19.0 Å². The van der Waals surface area contributed by atoms with Gasteiger partial charge in [-0.15, -0.1) is 0 Å². The molecule has 0 unspecified atom stereocenters. The first-order chi connectivity index (χ1) is 13.1. The lowest BCUT2D eigenvalue weighted by Crippen LogP contribution is -2.40. The highest BCUT2D eigenvalue weighted by Crippen LogP contribution is 2.35. The number of pyridine rings is 1. The molecule has 0 spiro atoms. The molecule has 0 aliphatic carbocycles. The Balaban J connectivity index is 1.50. The zero-order valence-electron chi connectivity index (χ0n) is 15.2. The summed E-state index contributed by atoms with van der Waals surface area (Å²) in [7, 11) is 0. The lowest BCUT2D eigenvalue weighted by molar-refractivity contribution is 0.0710. The van der Waals surface area contributed by atoms with E-state index in [-0.39, 0.29) is 17.0 Å². The molecule has 4 rings (SSSR count). The van der Waals surface area contributed by atoms with Crippen LogP contribution in [0.25, 0.3) is 11.1 Å². The molecule has 1 saturated heterocycles. The predicted octanol–water partition coefficient (Wildman–Crippen LogP) is 3.09. The van der Waals surface area contributed by atoms with Crippen LogP contribution in [-0.4, -0.2) is 39.1 Å². The number of carbonyl (C=O) groups excluding carboxylic acids is 1. The van der Waals surface area contributed by atoms with Crippen molar-refractivity contribution in [2.45, 2.75) is 25.7 Å². The van der Waals surface area contributed by atoms with Crippen molar-refractivity contribution in [3.8, 4) is 11.1 Å². The van der Waals surface area contributed by atoms with Gasteiger partial charge in [0.2, 0.25) is 0 Å². The number of benzene rings is 1. The van der Waals surface area contributed by atoms with Crippen molar-refractivity contribution in [1.29, 1.82) is 0 Å². The average molecular weight is 362 g/mol. The van der Waals surface area contributed by atoms with E-state index in [1.807, 2.05) is 18.3 Å². The van der Waals surface area contributed by atoms with Gasteiger partial charge in [-0.2, -0.15) is 5.10 Å². The highest BCUT2D eigenvalue weighted by atomic mass is 16.2. The van der Waals surface area contributed by atoms with Crippen molar-refractivity contribution in [3.05, 3.63) is 76.0 Å². The van der Waals surface area contributed by atoms with Gasteiger partial charge < -0.3 is 9.88 Å². The van der Waals surface area contributed by atoms with Crippen LogP contribution in [0.2, 0.25) is 0 Å². The van der Waals surface area contributed by atoms with E-state index in [0.717, 1.165) is 24.1 Å². The molecule has 0 radical (unpaired) electrons. The third-order valence-electron chi connectivity index (χ3n) is 5.34. The van der Waals surface area contributed by atoms with E-state index >= 15 is 0 Å². The van der Waals surface area contributed by atoms with E-state index in [4.69, 9.17) is 0 Å². The first-order valence-corrected chi connectivity index (χ1v) is 9.21. The van der Waals surface area contributed by atoms with Gasteiger partial charge in [-0.25, -0.2) is 0 Å². The minimum Gasteiger partial charge on any atom is -0.338 e. The van der Waals surface area contributed by atoms with Crippen LogP contribution in [-0.2, 0) is 0 Å². The van der Waals surface area contributed by atoms with Crippen LogP contribution in [0.5, 0.6) is 0 Å². The Kier molecular flexibility index (Phi) is 4.62. The van der Waals surface area contributed by atoms with Gasteiger partial charge in [0, 0.05) is 36.5 Å². The molecule has 0 bridgehead atoms. The molecule has 3 aromatic rings. The quantitative estimate of drug-likeness (QED) is 0.751. The standard InChI is InChI=1S/C21H22N4O2/c1-14-5-2-3-6-16(14)18-13-23-24-19(18)15-8-11-25(12-9-15)21(27)17-7-4-10-22-20(17)26/h2-7,10,13,15H,8-9,11-12H2,1H3,(H,22,26)(H,23,24). The molecule has 1 fully saturated rings. The largest absolute Gasteiger partial charge is 0.338 e. The van der Waals surface area contributed by atoms with Gasteiger partial charge in [-0.1, -0.05) is 24.3 Å². The third kappa shape index (κ3) is 3.30. The van der Waals surface area contributed by atoms with Crippen LogP contribution in [0.4, 0.5) is 0 Å².